The van der Waals surface area contributed by atoms with E-state index in [0.29, 0.717) is 30.8 Å². The summed E-state index contributed by atoms with van der Waals surface area (Å²) in [6.45, 7) is 7.81. The van der Waals surface area contributed by atoms with Crippen LogP contribution in [0.4, 0.5) is 0 Å². The van der Waals surface area contributed by atoms with Gasteiger partial charge < -0.3 is 14.6 Å². The van der Waals surface area contributed by atoms with E-state index >= 15 is 0 Å². The highest BCUT2D eigenvalue weighted by Crippen LogP contribution is 2.31. The summed E-state index contributed by atoms with van der Waals surface area (Å²) < 4.78 is 1.09. The first-order valence-electron chi connectivity index (χ1n) is 13.3. The van der Waals surface area contributed by atoms with Gasteiger partial charge in [-0.25, -0.2) is 0 Å². The molecule has 1 fully saturated rings. The van der Waals surface area contributed by atoms with Crippen molar-refractivity contribution in [3.05, 3.63) is 64.8 Å². The average Bonchev–Trinajstić information content (AvgIpc) is 3.24. The number of nitrogens with zero attached hydrogens (tertiary/aromatic N) is 2. The summed E-state index contributed by atoms with van der Waals surface area (Å²) in [6, 6.07) is 12.0. The van der Waals surface area contributed by atoms with Gasteiger partial charge in [-0.3, -0.25) is 9.69 Å². The molecule has 0 unspecified atom stereocenters. The van der Waals surface area contributed by atoms with Crippen molar-refractivity contribution >= 4 is 16.7 Å². The molecule has 2 heterocycles. The van der Waals surface area contributed by atoms with Crippen LogP contribution in [0.1, 0.15) is 54.9 Å². The minimum Gasteiger partial charge on any atom is -0.508 e. The molecule has 1 saturated heterocycles. The van der Waals surface area contributed by atoms with E-state index in [9.17, 15) is 9.90 Å². The number of carbonyl (C=O) groups is 1. The highest BCUT2D eigenvalue weighted by molar-refractivity contribution is 5.84. The first-order valence-corrected chi connectivity index (χ1v) is 13.3. The van der Waals surface area contributed by atoms with E-state index in [1.54, 1.807) is 6.07 Å². The predicted octanol–water partition coefficient (Wildman–Crippen LogP) is 5.09. The number of rotatable bonds is 11. The number of H-pyrrole nitrogens is 1. The summed E-state index contributed by atoms with van der Waals surface area (Å²) in [5.41, 5.74) is 5.53. The third kappa shape index (κ3) is 6.53. The standard InChI is InChI=1S/C30H41N3O2/c1-4-5-10-26-23(20-25(34)9-8-15-32-16-18-33(2,3)19-17-32)13-14-30(35)28(26)21-24-22-31-29-12-7-6-11-27(24)29/h6-7,11-14,22,31H,4-5,8-10,15-21H2,1-3H3/p+1. The lowest BCUT2D eigenvalue weighted by Gasteiger charge is -2.39. The molecule has 0 amide bonds. The van der Waals surface area contributed by atoms with Gasteiger partial charge in [-0.1, -0.05) is 37.6 Å². The molecule has 5 nitrogen and oxygen atoms in total. The van der Waals surface area contributed by atoms with E-state index in [1.165, 1.54) is 29.6 Å². The molecule has 1 aliphatic rings. The zero-order valence-corrected chi connectivity index (χ0v) is 21.8. The molecule has 2 aromatic carbocycles. The molecule has 3 aromatic rings. The number of Topliss-reactive ketones (excluding diaryl/α,β-unsaturated/α-hetero) is 1. The first-order chi connectivity index (χ1) is 16.9. The van der Waals surface area contributed by atoms with Crippen LogP contribution in [0.3, 0.4) is 0 Å². The number of phenolic OH excluding ortho intramolecular Hbond substituents is 1. The maximum absolute atomic E-state index is 13.0. The second kappa shape index (κ2) is 11.4. The third-order valence-corrected chi connectivity index (χ3v) is 7.69. The molecular formula is C30H42N3O2+. The van der Waals surface area contributed by atoms with Gasteiger partial charge in [0.2, 0.25) is 0 Å². The minimum atomic E-state index is 0.305. The molecule has 35 heavy (non-hydrogen) atoms. The van der Waals surface area contributed by atoms with Gasteiger partial charge in [0, 0.05) is 55.0 Å². The number of para-hydroxylation sites is 1. The number of ketones is 1. The van der Waals surface area contributed by atoms with Crippen molar-refractivity contribution in [2.45, 2.75) is 51.9 Å². The van der Waals surface area contributed by atoms with E-state index in [0.717, 1.165) is 66.4 Å². The van der Waals surface area contributed by atoms with Crippen molar-refractivity contribution in [1.29, 1.82) is 0 Å². The monoisotopic (exact) mass is 476 g/mol. The van der Waals surface area contributed by atoms with Crippen LogP contribution < -0.4 is 0 Å². The van der Waals surface area contributed by atoms with Crippen LogP contribution in [0.25, 0.3) is 10.9 Å². The molecule has 0 saturated carbocycles. The van der Waals surface area contributed by atoms with Crippen molar-refractivity contribution in [2.24, 2.45) is 0 Å². The van der Waals surface area contributed by atoms with Gasteiger partial charge >= 0.3 is 0 Å². The SMILES string of the molecule is CCCCc1c(CC(=O)CCCN2CC[N+](C)(C)CC2)ccc(O)c1Cc1c[nH]c2ccccc12. The number of carbonyl (C=O) groups excluding carboxylic acids is 1. The van der Waals surface area contributed by atoms with E-state index in [4.69, 9.17) is 0 Å². The second-order valence-electron chi connectivity index (χ2n) is 10.9. The lowest BCUT2D eigenvalue weighted by Crippen LogP contribution is -2.54. The lowest BCUT2D eigenvalue weighted by atomic mass is 9.89. The van der Waals surface area contributed by atoms with Gasteiger partial charge in [0.15, 0.2) is 0 Å². The third-order valence-electron chi connectivity index (χ3n) is 7.69. The van der Waals surface area contributed by atoms with Gasteiger partial charge in [-0.15, -0.1) is 0 Å². The molecule has 2 N–H and O–H groups in total. The molecular weight excluding hydrogens is 434 g/mol. The van der Waals surface area contributed by atoms with Gasteiger partial charge in [0.1, 0.15) is 11.5 Å². The molecule has 5 heteroatoms. The van der Waals surface area contributed by atoms with Gasteiger partial charge in [-0.2, -0.15) is 0 Å². The zero-order chi connectivity index (χ0) is 24.8. The van der Waals surface area contributed by atoms with E-state index in [-0.39, 0.29) is 0 Å². The van der Waals surface area contributed by atoms with Crippen LogP contribution in [0.2, 0.25) is 0 Å². The average molecular weight is 477 g/mol. The zero-order valence-electron chi connectivity index (χ0n) is 21.8. The Morgan fingerprint density at radius 1 is 1.03 bits per heavy atom. The fourth-order valence-electron chi connectivity index (χ4n) is 5.30. The Morgan fingerprint density at radius 2 is 1.80 bits per heavy atom. The van der Waals surface area contributed by atoms with Gasteiger partial charge in [-0.05, 0) is 54.6 Å². The number of aromatic nitrogens is 1. The smallest absolute Gasteiger partial charge is 0.137 e. The van der Waals surface area contributed by atoms with Crippen LogP contribution in [0.15, 0.2) is 42.6 Å². The van der Waals surface area contributed by atoms with Crippen LogP contribution in [0.5, 0.6) is 5.75 Å². The Kier molecular flexibility index (Phi) is 8.30. The van der Waals surface area contributed by atoms with Crippen molar-refractivity contribution < 1.29 is 14.4 Å². The lowest BCUT2D eigenvalue weighted by molar-refractivity contribution is -0.894. The summed E-state index contributed by atoms with van der Waals surface area (Å²) in [6.07, 6.45) is 7.76. The van der Waals surface area contributed by atoms with Crippen LogP contribution in [0, 0.1) is 0 Å². The molecule has 188 valence electrons. The van der Waals surface area contributed by atoms with Gasteiger partial charge in [0.25, 0.3) is 0 Å². The molecule has 4 rings (SSSR count). The number of likely N-dealkylation sites (N-methyl/N-ethyl adjacent to an activating group) is 1. The molecule has 1 aromatic heterocycles. The summed E-state index contributed by atoms with van der Waals surface area (Å²) >= 11 is 0. The number of aromatic hydroxyl groups is 1. The largest absolute Gasteiger partial charge is 0.508 e. The normalized spacial score (nSPS) is 16.1. The molecule has 0 bridgehead atoms. The number of phenols is 1. The van der Waals surface area contributed by atoms with Crippen molar-refractivity contribution in [2.75, 3.05) is 46.8 Å². The Bertz CT molecular complexity index is 1140. The van der Waals surface area contributed by atoms with E-state index in [1.807, 2.05) is 18.3 Å². The number of benzene rings is 2. The first kappa shape index (κ1) is 25.5. The quantitative estimate of drug-likeness (QED) is 0.379. The molecule has 0 radical (unpaired) electrons. The Hall–Kier alpha value is -2.63. The number of aromatic amines is 1. The van der Waals surface area contributed by atoms with Gasteiger partial charge in [0.05, 0.1) is 27.2 Å². The van der Waals surface area contributed by atoms with E-state index < -0.39 is 0 Å². The Balaban J connectivity index is 1.44. The summed E-state index contributed by atoms with van der Waals surface area (Å²) in [5, 5.41) is 12.0. The summed E-state index contributed by atoms with van der Waals surface area (Å²) in [5.74, 6) is 0.642. The number of unbranched alkanes of at least 4 members (excludes halogenated alkanes) is 1. The van der Waals surface area contributed by atoms with Crippen molar-refractivity contribution in [1.82, 2.24) is 9.88 Å². The van der Waals surface area contributed by atoms with Crippen LogP contribution in [-0.2, 0) is 24.1 Å². The molecule has 0 aliphatic carbocycles. The summed E-state index contributed by atoms with van der Waals surface area (Å²) in [7, 11) is 4.59. The molecule has 0 spiro atoms. The van der Waals surface area contributed by atoms with Crippen LogP contribution >= 0.6 is 0 Å². The number of fused-ring (bicyclic) bond motifs is 1. The molecule has 0 atom stereocenters. The van der Waals surface area contributed by atoms with Crippen molar-refractivity contribution in [3.8, 4) is 5.75 Å². The van der Waals surface area contributed by atoms with Crippen molar-refractivity contribution in [3.63, 3.8) is 0 Å². The number of hydrogen-bond acceptors (Lipinski definition) is 3. The van der Waals surface area contributed by atoms with Crippen LogP contribution in [-0.4, -0.2) is 72.1 Å². The van der Waals surface area contributed by atoms with E-state index in [2.05, 4.69) is 49.1 Å². The summed E-state index contributed by atoms with van der Waals surface area (Å²) in [4.78, 5) is 18.8. The maximum atomic E-state index is 13.0. The number of quaternary nitrogens is 1. The Labute approximate surface area is 210 Å². The highest BCUT2D eigenvalue weighted by atomic mass is 16.3. The second-order valence-corrected chi connectivity index (χ2v) is 10.9. The number of hydrogen-bond donors (Lipinski definition) is 2. The topological polar surface area (TPSA) is 56.3 Å². The predicted molar refractivity (Wildman–Crippen MR) is 144 cm³/mol. The fraction of sp³-hybridized carbons (Fsp3) is 0.500. The number of piperazine rings is 1. The minimum absolute atomic E-state index is 0.305. The molecule has 1 aliphatic heterocycles. The Morgan fingerprint density at radius 3 is 2.57 bits per heavy atom. The maximum Gasteiger partial charge on any atom is 0.137 e. The number of nitrogens with one attached hydrogen (secondary N) is 1. The fourth-order valence-corrected chi connectivity index (χ4v) is 5.30. The highest BCUT2D eigenvalue weighted by Gasteiger charge is 2.24.